The lowest BCUT2D eigenvalue weighted by Crippen LogP contribution is -2.54. The third-order valence-electron chi connectivity index (χ3n) is 17.8. The van der Waals surface area contributed by atoms with Crippen LogP contribution in [0, 0.1) is 22.7 Å². The van der Waals surface area contributed by atoms with Crippen molar-refractivity contribution in [2.45, 2.75) is 122 Å². The first kappa shape index (κ1) is 54.2. The Bertz CT molecular complexity index is 3360. The van der Waals surface area contributed by atoms with Crippen molar-refractivity contribution in [2.24, 2.45) is 33.4 Å². The highest BCUT2D eigenvalue weighted by molar-refractivity contribution is 7.22. The molecule has 5 aromatic rings. The number of amides is 6. The minimum absolute atomic E-state index is 0.0752. The standard InChI is InChI=1S/C61H68N10O8S/c1-36(43(32-62)40-20-22-49(67-52(40)57(77)78)70-27-24-38-14-12-15-41(44(38)33-70)53(73)69-59-66-45-17-8-9-19-48(45)80-59)65-35-61-30-37-28-39(61)31-60(29-37,34-61)58(79)64-26-11-7-5-3-2-4-6-10-25-63-46-18-13-16-42-51(46)56(76)71(55(42)75)47-21-23-50(72)68-54(47)74/h8-9,12-20,22,32,37,39,47,63H,2-7,10-11,21,23-31,33-35,62H2,1H3,(H,64,79)(H,77,78)(H,66,69,73)(H,68,72,74). The number of allylic oxidation sites excluding steroid dienone is 1. The Kier molecular flexibility index (Phi) is 15.4. The molecular weight excluding hydrogens is 1030 g/mol. The number of carboxylic acids is 1. The number of rotatable bonds is 22. The number of nitrogens with zero attached hydrogens (tertiary/aromatic N) is 5. The lowest BCUT2D eigenvalue weighted by molar-refractivity contribution is -0.136. The van der Waals surface area contributed by atoms with Crippen molar-refractivity contribution in [1.82, 2.24) is 25.5 Å². The molecule has 416 valence electrons. The molecule has 19 heteroatoms. The Morgan fingerprint density at radius 3 is 2.41 bits per heavy atom. The van der Waals surface area contributed by atoms with Crippen LogP contribution < -0.4 is 31.9 Å². The number of fused-ring (bicyclic) bond motifs is 3. The maximum absolute atomic E-state index is 14.0. The molecule has 0 spiro atoms. The molecule has 4 saturated carbocycles. The number of aliphatic imine (C=N–C) groups is 1. The second kappa shape index (κ2) is 22.7. The summed E-state index contributed by atoms with van der Waals surface area (Å²) in [5, 5.41) is 23.0. The summed E-state index contributed by atoms with van der Waals surface area (Å²) in [6, 6.07) is 21.1. The molecule has 0 radical (unpaired) electrons. The first-order chi connectivity index (χ1) is 38.7. The molecule has 18 nitrogen and oxygen atoms in total. The molecule has 5 fully saturated rings. The summed E-state index contributed by atoms with van der Waals surface area (Å²) in [7, 11) is 0. The predicted octanol–water partition coefficient (Wildman–Crippen LogP) is 8.91. The number of benzene rings is 3. The Morgan fingerprint density at radius 2 is 1.64 bits per heavy atom. The van der Waals surface area contributed by atoms with Gasteiger partial charge in [0.2, 0.25) is 17.7 Å². The summed E-state index contributed by atoms with van der Waals surface area (Å²) < 4.78 is 0.982. The van der Waals surface area contributed by atoms with E-state index in [1.165, 1.54) is 17.5 Å². The van der Waals surface area contributed by atoms with Crippen LogP contribution >= 0.6 is 11.3 Å². The van der Waals surface area contributed by atoms with Gasteiger partial charge in [-0.15, -0.1) is 0 Å². The van der Waals surface area contributed by atoms with Crippen molar-refractivity contribution in [1.29, 1.82) is 0 Å². The van der Waals surface area contributed by atoms with E-state index in [1.807, 2.05) is 54.3 Å². The molecule has 12 rings (SSSR count). The lowest BCUT2D eigenvalue weighted by atomic mass is 9.66. The summed E-state index contributed by atoms with van der Waals surface area (Å²) in [6.45, 7) is 4.67. The van der Waals surface area contributed by atoms with Crippen LogP contribution in [0.2, 0.25) is 0 Å². The van der Waals surface area contributed by atoms with Crippen LogP contribution in [0.4, 0.5) is 16.6 Å². The fraction of sp³-hybridized carbons (Fsp3) is 0.443. The van der Waals surface area contributed by atoms with Crippen molar-refractivity contribution in [3.05, 3.63) is 118 Å². The zero-order chi connectivity index (χ0) is 55.7. The van der Waals surface area contributed by atoms with E-state index in [9.17, 15) is 38.7 Å². The SMILES string of the molecule is CC(=NCC12CC3CC1CC(C(=O)NCCCCCCCCCCNc1cccc4c1C(=O)N(C1CCC(=O)NC1=O)C4=O)(C3)C2)C(=CN)c1ccc(N2CCc3cccc(C(=O)Nc4nc5ccccc5s4)c3C2)nc1C(=O)O. The van der Waals surface area contributed by atoms with E-state index in [0.29, 0.717) is 90.0 Å². The number of unbranched alkanes of at least 4 members (excludes halogenated alkanes) is 7. The van der Waals surface area contributed by atoms with Crippen LogP contribution in [0.1, 0.15) is 161 Å². The van der Waals surface area contributed by atoms with Gasteiger partial charge < -0.3 is 26.4 Å². The molecule has 3 aromatic carbocycles. The summed E-state index contributed by atoms with van der Waals surface area (Å²) in [4.78, 5) is 109. The van der Waals surface area contributed by atoms with Gasteiger partial charge >= 0.3 is 5.97 Å². The van der Waals surface area contributed by atoms with Gasteiger partial charge in [-0.3, -0.25) is 49.3 Å². The van der Waals surface area contributed by atoms with Crippen molar-refractivity contribution in [2.75, 3.05) is 41.7 Å². The maximum Gasteiger partial charge on any atom is 0.355 e. The Balaban J connectivity index is 0.623. The van der Waals surface area contributed by atoms with E-state index in [1.54, 1.807) is 30.3 Å². The molecule has 3 aliphatic heterocycles. The first-order valence-corrected chi connectivity index (χ1v) is 29.1. The number of para-hydroxylation sites is 1. The summed E-state index contributed by atoms with van der Waals surface area (Å²) in [5.74, 6) is -1.95. The summed E-state index contributed by atoms with van der Waals surface area (Å²) >= 11 is 1.42. The van der Waals surface area contributed by atoms with E-state index < -0.39 is 35.6 Å². The van der Waals surface area contributed by atoms with Crippen LogP contribution in [-0.2, 0) is 27.3 Å². The van der Waals surface area contributed by atoms with Crippen molar-refractivity contribution < 1.29 is 38.7 Å². The number of imide groups is 2. The van der Waals surface area contributed by atoms with Crippen LogP contribution in [0.3, 0.4) is 0 Å². The number of aromatic carboxylic acids is 1. The van der Waals surface area contributed by atoms with E-state index in [4.69, 9.17) is 15.7 Å². The van der Waals surface area contributed by atoms with Crippen molar-refractivity contribution in [3.63, 3.8) is 0 Å². The number of nitrogens with one attached hydrogen (secondary N) is 4. The average molecular weight is 1100 g/mol. The number of anilines is 3. The van der Waals surface area contributed by atoms with Gasteiger partial charge in [0.1, 0.15) is 11.9 Å². The third kappa shape index (κ3) is 10.6. The molecule has 1 saturated heterocycles. The van der Waals surface area contributed by atoms with Gasteiger partial charge in [-0.2, -0.15) is 0 Å². The fourth-order valence-corrected chi connectivity index (χ4v) is 14.9. The van der Waals surface area contributed by atoms with Gasteiger partial charge in [0, 0.05) is 73.4 Å². The molecule has 7 aliphatic rings. The second-order valence-electron chi connectivity index (χ2n) is 22.8. The van der Waals surface area contributed by atoms with Gasteiger partial charge in [0.05, 0.1) is 26.8 Å². The van der Waals surface area contributed by atoms with Gasteiger partial charge in [0.15, 0.2) is 10.8 Å². The molecule has 2 aromatic heterocycles. The van der Waals surface area contributed by atoms with E-state index in [-0.39, 0.29) is 52.3 Å². The smallest absolute Gasteiger partial charge is 0.355 e. The number of pyridine rings is 1. The van der Waals surface area contributed by atoms with E-state index >= 15 is 0 Å². The lowest BCUT2D eigenvalue weighted by Gasteiger charge is -2.39. The minimum atomic E-state index is -1.18. The number of carbonyl (C=O) groups is 7. The predicted molar refractivity (Wildman–Crippen MR) is 307 cm³/mol. The number of carboxylic acid groups (broad SMARTS) is 1. The van der Waals surface area contributed by atoms with Gasteiger partial charge in [-0.1, -0.05) is 80.2 Å². The summed E-state index contributed by atoms with van der Waals surface area (Å²) in [6.07, 6.45) is 15.3. The monoisotopic (exact) mass is 1100 g/mol. The third-order valence-corrected chi connectivity index (χ3v) is 18.7. The average Bonchev–Trinajstić information content (AvgIpc) is 4.33. The topological polar surface area (TPSA) is 258 Å². The highest BCUT2D eigenvalue weighted by atomic mass is 32.1. The van der Waals surface area contributed by atoms with Gasteiger partial charge in [-0.05, 0) is 136 Å². The second-order valence-corrected chi connectivity index (χ2v) is 23.9. The number of aromatic nitrogens is 2. The number of hydrogen-bond donors (Lipinski definition) is 6. The number of hydrogen-bond acceptors (Lipinski definition) is 14. The first-order valence-electron chi connectivity index (χ1n) is 28.3. The molecule has 4 bridgehead atoms. The zero-order valence-electron chi connectivity index (χ0n) is 45.1. The molecular formula is C61H68N10O8S. The maximum atomic E-state index is 14.0. The number of thiazole rings is 1. The van der Waals surface area contributed by atoms with Crippen LogP contribution in [0.5, 0.6) is 0 Å². The number of carbonyl (C=O) groups excluding carboxylic acids is 6. The Hall–Kier alpha value is -7.80. The van der Waals surface area contributed by atoms with Gasteiger partial charge in [0.25, 0.3) is 17.7 Å². The largest absolute Gasteiger partial charge is 0.476 e. The number of piperidine rings is 1. The molecule has 6 amide bonds. The van der Waals surface area contributed by atoms with Crippen LogP contribution in [0.25, 0.3) is 15.8 Å². The number of nitrogens with two attached hydrogens (primary N) is 1. The quantitative estimate of drug-likeness (QED) is 0.0215. The summed E-state index contributed by atoms with van der Waals surface area (Å²) in [5.41, 5.74) is 11.6. The van der Waals surface area contributed by atoms with Crippen LogP contribution in [-0.4, -0.2) is 99.3 Å². The molecule has 7 N–H and O–H groups in total. The molecule has 80 heavy (non-hydrogen) atoms. The van der Waals surface area contributed by atoms with Crippen molar-refractivity contribution in [3.8, 4) is 0 Å². The van der Waals surface area contributed by atoms with Crippen LogP contribution in [0.15, 0.2) is 84.0 Å². The minimum Gasteiger partial charge on any atom is -0.476 e. The van der Waals surface area contributed by atoms with E-state index in [2.05, 4.69) is 26.3 Å². The Labute approximate surface area is 468 Å². The zero-order valence-corrected chi connectivity index (χ0v) is 45.9. The highest BCUT2D eigenvalue weighted by Crippen LogP contribution is 2.70. The molecule has 4 aliphatic carbocycles. The normalized spacial score (nSPS) is 23.1. The van der Waals surface area contributed by atoms with E-state index in [0.717, 1.165) is 110 Å². The highest BCUT2D eigenvalue weighted by Gasteiger charge is 2.66. The van der Waals surface area contributed by atoms with Gasteiger partial charge in [-0.25, -0.2) is 14.8 Å². The Morgan fingerprint density at radius 1 is 0.863 bits per heavy atom. The fourth-order valence-electron chi connectivity index (χ4n) is 14.0. The van der Waals surface area contributed by atoms with Crippen molar-refractivity contribution >= 4 is 90.9 Å². The molecule has 5 atom stereocenters. The molecule has 5 unspecified atom stereocenters. The molecule has 5 heterocycles.